The topological polar surface area (TPSA) is 26.3 Å². The molecule has 0 aromatic rings. The maximum Gasteiger partial charge on any atom is 0.192 e. The number of hydrogen-bond donors (Lipinski definition) is 0. The summed E-state index contributed by atoms with van der Waals surface area (Å²) < 4.78 is 6.44. The highest BCUT2D eigenvalue weighted by Gasteiger charge is 2.39. The maximum absolute atomic E-state index is 10.6. The largest absolute Gasteiger partial charge is 0.414 e. The van der Waals surface area contributed by atoms with Gasteiger partial charge >= 0.3 is 0 Å². The molecular weight excluding hydrogens is 228 g/mol. The first kappa shape index (κ1) is 14.9. The van der Waals surface area contributed by atoms with E-state index in [4.69, 9.17) is 4.43 Å². The van der Waals surface area contributed by atoms with Crippen LogP contribution < -0.4 is 0 Å². The first-order valence-corrected chi connectivity index (χ1v) is 9.78. The van der Waals surface area contributed by atoms with Gasteiger partial charge in [-0.05, 0) is 43.3 Å². The van der Waals surface area contributed by atoms with Crippen LogP contribution in [-0.2, 0) is 9.22 Å². The summed E-state index contributed by atoms with van der Waals surface area (Å²) in [5, 5.41) is 0.282. The van der Waals surface area contributed by atoms with E-state index in [1.165, 1.54) is 19.3 Å². The number of rotatable bonds is 4. The van der Waals surface area contributed by atoms with E-state index in [2.05, 4.69) is 33.9 Å². The van der Waals surface area contributed by atoms with E-state index in [-0.39, 0.29) is 5.04 Å². The Kier molecular flexibility index (Phi) is 4.96. The van der Waals surface area contributed by atoms with Gasteiger partial charge in [0, 0.05) is 12.5 Å². The van der Waals surface area contributed by atoms with Crippen LogP contribution >= 0.6 is 0 Å². The molecular formula is C14H28O2Si. The van der Waals surface area contributed by atoms with E-state index in [1.807, 2.05) is 0 Å². The molecule has 0 aliphatic heterocycles. The third kappa shape index (κ3) is 4.22. The Labute approximate surface area is 107 Å². The molecule has 0 radical (unpaired) electrons. The lowest BCUT2D eigenvalue weighted by Crippen LogP contribution is -2.45. The van der Waals surface area contributed by atoms with Crippen LogP contribution in [0.15, 0.2) is 0 Å². The predicted octanol–water partition coefficient (Wildman–Crippen LogP) is 4.16. The van der Waals surface area contributed by atoms with Crippen LogP contribution in [0.3, 0.4) is 0 Å². The Morgan fingerprint density at radius 1 is 1.29 bits per heavy atom. The lowest BCUT2D eigenvalue weighted by molar-refractivity contribution is -0.109. The number of hydrogen-bond acceptors (Lipinski definition) is 2. The van der Waals surface area contributed by atoms with Crippen molar-refractivity contribution in [3.05, 3.63) is 0 Å². The molecule has 0 amide bonds. The highest BCUT2D eigenvalue weighted by molar-refractivity contribution is 6.74. The minimum absolute atomic E-state index is 0.282. The molecule has 100 valence electrons. The second-order valence-corrected chi connectivity index (χ2v) is 11.7. The van der Waals surface area contributed by atoms with E-state index in [0.717, 1.165) is 19.1 Å². The van der Waals surface area contributed by atoms with E-state index in [9.17, 15) is 4.79 Å². The molecule has 1 rings (SSSR count). The van der Waals surface area contributed by atoms with Gasteiger partial charge in [0.25, 0.3) is 0 Å². The molecule has 0 heterocycles. The minimum Gasteiger partial charge on any atom is -0.414 e. The van der Waals surface area contributed by atoms with Crippen molar-refractivity contribution in [3.8, 4) is 0 Å². The van der Waals surface area contributed by atoms with E-state index in [1.54, 1.807) is 0 Å². The molecule has 0 aromatic carbocycles. The van der Waals surface area contributed by atoms with Crippen LogP contribution in [0.5, 0.6) is 0 Å². The average molecular weight is 256 g/mol. The Morgan fingerprint density at radius 3 is 2.47 bits per heavy atom. The van der Waals surface area contributed by atoms with E-state index >= 15 is 0 Å². The Bertz CT molecular complexity index is 255. The van der Waals surface area contributed by atoms with Crippen molar-refractivity contribution in [2.45, 2.75) is 77.1 Å². The monoisotopic (exact) mass is 256 g/mol. The van der Waals surface area contributed by atoms with Gasteiger partial charge in [-0.15, -0.1) is 0 Å². The van der Waals surface area contributed by atoms with Crippen molar-refractivity contribution in [2.24, 2.45) is 5.92 Å². The van der Waals surface area contributed by atoms with Crippen molar-refractivity contribution in [1.29, 1.82) is 0 Å². The molecule has 1 saturated carbocycles. The van der Waals surface area contributed by atoms with Gasteiger partial charge in [0.15, 0.2) is 8.32 Å². The number of aldehydes is 1. The van der Waals surface area contributed by atoms with Gasteiger partial charge in [-0.1, -0.05) is 27.2 Å². The molecule has 1 aliphatic carbocycles. The van der Waals surface area contributed by atoms with Gasteiger partial charge in [-0.25, -0.2) is 0 Å². The predicted molar refractivity (Wildman–Crippen MR) is 74.7 cm³/mol. The lowest BCUT2D eigenvalue weighted by atomic mass is 9.86. The van der Waals surface area contributed by atoms with Crippen molar-refractivity contribution >= 4 is 14.6 Å². The third-order valence-electron chi connectivity index (χ3n) is 4.43. The third-order valence-corrected chi connectivity index (χ3v) is 8.97. The van der Waals surface area contributed by atoms with Crippen LogP contribution in [-0.4, -0.2) is 20.7 Å². The standard InChI is InChI=1S/C14H28O2Si/c1-14(2,3)17(4,5)16-13-8-6-7-12(11-13)9-10-15/h10,12-13H,6-9,11H2,1-5H3/t12-,13-/m1/s1. The molecule has 2 nitrogen and oxygen atoms in total. The highest BCUT2D eigenvalue weighted by atomic mass is 28.4. The summed E-state index contributed by atoms with van der Waals surface area (Å²) >= 11 is 0. The molecule has 0 aromatic heterocycles. The summed E-state index contributed by atoms with van der Waals surface area (Å²) in [6.45, 7) is 11.5. The zero-order valence-electron chi connectivity index (χ0n) is 12.1. The molecule has 0 N–H and O–H groups in total. The first-order valence-electron chi connectivity index (χ1n) is 6.88. The second kappa shape index (κ2) is 5.66. The van der Waals surface area contributed by atoms with E-state index < -0.39 is 8.32 Å². The summed E-state index contributed by atoms with van der Waals surface area (Å²) in [6, 6.07) is 0. The zero-order valence-corrected chi connectivity index (χ0v) is 13.1. The SMILES string of the molecule is CC(C)(C)[Si](C)(C)O[C@@H]1CCC[C@H](CC=O)C1. The quantitative estimate of drug-likeness (QED) is 0.558. The normalized spacial score (nSPS) is 26.9. The molecule has 1 aliphatic rings. The van der Waals surface area contributed by atoms with Crippen molar-refractivity contribution in [3.63, 3.8) is 0 Å². The Morgan fingerprint density at radius 2 is 1.94 bits per heavy atom. The number of carbonyl (C=O) groups excluding carboxylic acids is 1. The number of carbonyl (C=O) groups is 1. The van der Waals surface area contributed by atoms with Gasteiger partial charge in [-0.3, -0.25) is 0 Å². The van der Waals surface area contributed by atoms with Gasteiger partial charge in [0.1, 0.15) is 6.29 Å². The highest BCUT2D eigenvalue weighted by Crippen LogP contribution is 2.40. The summed E-state index contributed by atoms with van der Waals surface area (Å²) in [5.41, 5.74) is 0. The van der Waals surface area contributed by atoms with Gasteiger partial charge in [0.05, 0.1) is 0 Å². The van der Waals surface area contributed by atoms with Crippen LogP contribution in [0.2, 0.25) is 18.1 Å². The smallest absolute Gasteiger partial charge is 0.192 e. The fraction of sp³-hybridized carbons (Fsp3) is 0.929. The molecule has 1 fully saturated rings. The van der Waals surface area contributed by atoms with E-state index in [0.29, 0.717) is 12.0 Å². The van der Waals surface area contributed by atoms with Crippen molar-refractivity contribution < 1.29 is 9.22 Å². The molecule has 0 bridgehead atoms. The molecule has 0 spiro atoms. The van der Waals surface area contributed by atoms with Gasteiger partial charge in [-0.2, -0.15) is 0 Å². The van der Waals surface area contributed by atoms with Crippen molar-refractivity contribution in [2.75, 3.05) is 0 Å². The molecule has 2 atom stereocenters. The van der Waals surface area contributed by atoms with Crippen molar-refractivity contribution in [1.82, 2.24) is 0 Å². The minimum atomic E-state index is -1.63. The van der Waals surface area contributed by atoms with Crippen LogP contribution in [0.25, 0.3) is 0 Å². The second-order valence-electron chi connectivity index (χ2n) is 6.94. The lowest BCUT2D eigenvalue weighted by Gasteiger charge is -2.41. The zero-order chi connectivity index (χ0) is 13.1. The average Bonchev–Trinajstić information content (AvgIpc) is 2.16. The molecule has 3 heteroatoms. The Balaban J connectivity index is 2.54. The molecule has 0 saturated heterocycles. The van der Waals surface area contributed by atoms with Crippen LogP contribution in [0, 0.1) is 5.92 Å². The summed E-state index contributed by atoms with van der Waals surface area (Å²) in [7, 11) is -1.63. The maximum atomic E-state index is 10.6. The van der Waals surface area contributed by atoms with Gasteiger partial charge < -0.3 is 9.22 Å². The summed E-state index contributed by atoms with van der Waals surface area (Å²) in [6.07, 6.45) is 6.88. The molecule has 17 heavy (non-hydrogen) atoms. The van der Waals surface area contributed by atoms with Gasteiger partial charge in [0.2, 0.25) is 0 Å². The fourth-order valence-corrected chi connectivity index (χ4v) is 3.69. The first-order chi connectivity index (χ1) is 7.76. The van der Waals surface area contributed by atoms with Crippen LogP contribution in [0.1, 0.15) is 52.9 Å². The Hall–Kier alpha value is -0.153. The fourth-order valence-electron chi connectivity index (χ4n) is 2.29. The summed E-state index contributed by atoms with van der Waals surface area (Å²) in [5.74, 6) is 0.566. The summed E-state index contributed by atoms with van der Waals surface area (Å²) in [4.78, 5) is 10.6. The van der Waals surface area contributed by atoms with Crippen LogP contribution in [0.4, 0.5) is 0 Å². The molecule has 0 unspecified atom stereocenters.